The lowest BCUT2D eigenvalue weighted by atomic mass is 9.80. The van der Waals surface area contributed by atoms with Crippen molar-refractivity contribution in [2.24, 2.45) is 0 Å². The highest BCUT2D eigenvalue weighted by molar-refractivity contribution is 6.20. The molecule has 0 radical (unpaired) electrons. The first-order chi connectivity index (χ1) is 7.57. The van der Waals surface area contributed by atoms with Crippen molar-refractivity contribution >= 4 is 11.6 Å². The summed E-state index contributed by atoms with van der Waals surface area (Å²) in [5.74, 6) is 0.0787. The van der Waals surface area contributed by atoms with Gasteiger partial charge in [-0.15, -0.1) is 11.6 Å². The van der Waals surface area contributed by atoms with Crippen LogP contribution in [0.25, 0.3) is 0 Å². The predicted molar refractivity (Wildman–Crippen MR) is 63.8 cm³/mol. The molecule has 2 rings (SSSR count). The topological polar surface area (TPSA) is 9.23 Å². The Labute approximate surface area is 101 Å². The fourth-order valence-electron chi connectivity index (χ4n) is 2.55. The number of halogens is 2. The molecule has 2 unspecified atom stereocenters. The van der Waals surface area contributed by atoms with E-state index in [1.54, 1.807) is 6.07 Å². The van der Waals surface area contributed by atoms with Crippen molar-refractivity contribution < 1.29 is 9.13 Å². The lowest BCUT2D eigenvalue weighted by molar-refractivity contribution is 0.372. The summed E-state index contributed by atoms with van der Waals surface area (Å²) in [4.78, 5) is 0. The number of hydrogen-bond acceptors (Lipinski definition) is 1. The summed E-state index contributed by atoms with van der Waals surface area (Å²) in [6.45, 7) is 2.08. The van der Waals surface area contributed by atoms with Crippen LogP contribution in [0.5, 0.6) is 5.75 Å². The highest BCUT2D eigenvalue weighted by Gasteiger charge is 2.38. The molecule has 88 valence electrons. The molecule has 1 aliphatic rings. The highest BCUT2D eigenvalue weighted by Crippen LogP contribution is 2.44. The van der Waals surface area contributed by atoms with Crippen molar-refractivity contribution in [3.63, 3.8) is 0 Å². The third-order valence-electron chi connectivity index (χ3n) is 3.51. The molecule has 0 aromatic heterocycles. The zero-order valence-corrected chi connectivity index (χ0v) is 10.4. The monoisotopic (exact) mass is 242 g/mol. The molecule has 1 nitrogen and oxygen atoms in total. The number of hydrogen-bond donors (Lipinski definition) is 0. The Hall–Kier alpha value is -0.760. The quantitative estimate of drug-likeness (QED) is 0.715. The Kier molecular flexibility index (Phi) is 3.11. The Morgan fingerprint density at radius 1 is 1.50 bits per heavy atom. The van der Waals surface area contributed by atoms with E-state index in [4.69, 9.17) is 16.3 Å². The smallest absolute Gasteiger partial charge is 0.168 e. The standard InChI is InChI=1S/C13H16ClFO/c1-13(7-6-9(14)8-13)10-4-3-5-11(16-2)12(10)15/h3-5,9H,6-8H2,1-2H3. The van der Waals surface area contributed by atoms with Gasteiger partial charge in [-0.25, -0.2) is 4.39 Å². The summed E-state index contributed by atoms with van der Waals surface area (Å²) in [6, 6.07) is 5.33. The van der Waals surface area contributed by atoms with E-state index in [0.29, 0.717) is 5.75 Å². The summed E-state index contributed by atoms with van der Waals surface area (Å²) < 4.78 is 19.1. The van der Waals surface area contributed by atoms with Gasteiger partial charge in [-0.2, -0.15) is 0 Å². The van der Waals surface area contributed by atoms with Crippen LogP contribution in [0, 0.1) is 5.82 Å². The lowest BCUT2D eigenvalue weighted by Crippen LogP contribution is -2.20. The van der Waals surface area contributed by atoms with E-state index < -0.39 is 0 Å². The number of rotatable bonds is 2. The zero-order valence-electron chi connectivity index (χ0n) is 9.59. The van der Waals surface area contributed by atoms with Crippen LogP contribution in [0.1, 0.15) is 31.7 Å². The fourth-order valence-corrected chi connectivity index (χ4v) is 3.00. The van der Waals surface area contributed by atoms with Crippen LogP contribution in [-0.4, -0.2) is 12.5 Å². The summed E-state index contributed by atoms with van der Waals surface area (Å²) in [7, 11) is 1.49. The Morgan fingerprint density at radius 3 is 2.81 bits per heavy atom. The minimum absolute atomic E-state index is 0.148. The molecule has 16 heavy (non-hydrogen) atoms. The number of benzene rings is 1. The summed E-state index contributed by atoms with van der Waals surface area (Å²) >= 11 is 6.12. The third-order valence-corrected chi connectivity index (χ3v) is 3.89. The van der Waals surface area contributed by atoms with Gasteiger partial charge >= 0.3 is 0 Å². The van der Waals surface area contributed by atoms with Crippen molar-refractivity contribution in [2.45, 2.75) is 37.0 Å². The van der Waals surface area contributed by atoms with Crippen LogP contribution < -0.4 is 4.74 Å². The van der Waals surface area contributed by atoms with E-state index in [1.807, 2.05) is 12.1 Å². The SMILES string of the molecule is COc1cccc(C2(C)CCC(Cl)C2)c1F. The second kappa shape index (κ2) is 4.25. The molecule has 3 heteroatoms. The van der Waals surface area contributed by atoms with Gasteiger partial charge in [0.25, 0.3) is 0 Å². The summed E-state index contributed by atoms with van der Waals surface area (Å²) in [6.07, 6.45) is 2.72. The van der Waals surface area contributed by atoms with Crippen molar-refractivity contribution in [3.05, 3.63) is 29.6 Å². The first kappa shape index (κ1) is 11.7. The van der Waals surface area contributed by atoms with Crippen molar-refractivity contribution in [3.8, 4) is 5.75 Å². The molecule has 1 aliphatic carbocycles. The molecular weight excluding hydrogens is 227 g/mol. The molecule has 1 aromatic rings. The van der Waals surface area contributed by atoms with E-state index in [-0.39, 0.29) is 16.6 Å². The van der Waals surface area contributed by atoms with Gasteiger partial charge in [0.15, 0.2) is 11.6 Å². The number of alkyl halides is 1. The fraction of sp³-hybridized carbons (Fsp3) is 0.538. The van der Waals surface area contributed by atoms with Gasteiger partial charge in [0, 0.05) is 5.38 Å². The van der Waals surface area contributed by atoms with E-state index in [2.05, 4.69) is 6.92 Å². The second-order valence-corrected chi connectivity index (χ2v) is 5.34. The molecule has 1 saturated carbocycles. The molecule has 2 atom stereocenters. The van der Waals surface area contributed by atoms with Crippen molar-refractivity contribution in [2.75, 3.05) is 7.11 Å². The molecule has 0 heterocycles. The molecule has 1 aromatic carbocycles. The van der Waals surface area contributed by atoms with Crippen molar-refractivity contribution in [1.29, 1.82) is 0 Å². The van der Waals surface area contributed by atoms with Crippen LogP contribution in [0.3, 0.4) is 0 Å². The van der Waals surface area contributed by atoms with Crippen LogP contribution in [0.2, 0.25) is 0 Å². The maximum atomic E-state index is 14.1. The van der Waals surface area contributed by atoms with Gasteiger partial charge < -0.3 is 4.74 Å². The maximum absolute atomic E-state index is 14.1. The molecule has 0 bridgehead atoms. The summed E-state index contributed by atoms with van der Waals surface area (Å²) in [5, 5.41) is 0.163. The first-order valence-electron chi connectivity index (χ1n) is 5.54. The summed E-state index contributed by atoms with van der Waals surface area (Å²) in [5.41, 5.74) is 0.584. The third kappa shape index (κ3) is 1.91. The van der Waals surface area contributed by atoms with Gasteiger partial charge in [-0.05, 0) is 36.3 Å². The Morgan fingerprint density at radius 2 is 2.25 bits per heavy atom. The highest BCUT2D eigenvalue weighted by atomic mass is 35.5. The van der Waals surface area contributed by atoms with Gasteiger partial charge in [-0.3, -0.25) is 0 Å². The average molecular weight is 243 g/mol. The first-order valence-corrected chi connectivity index (χ1v) is 5.97. The second-order valence-electron chi connectivity index (χ2n) is 4.72. The van der Waals surface area contributed by atoms with E-state index in [0.717, 1.165) is 24.8 Å². The lowest BCUT2D eigenvalue weighted by Gasteiger charge is -2.25. The van der Waals surface area contributed by atoms with Gasteiger partial charge in [0.1, 0.15) is 0 Å². The molecular formula is C13H16ClFO. The van der Waals surface area contributed by atoms with Crippen LogP contribution >= 0.6 is 11.6 Å². The van der Waals surface area contributed by atoms with E-state index in [1.165, 1.54) is 7.11 Å². The molecule has 0 aliphatic heterocycles. The van der Waals surface area contributed by atoms with E-state index >= 15 is 0 Å². The van der Waals surface area contributed by atoms with Crippen LogP contribution in [0.4, 0.5) is 4.39 Å². The van der Waals surface area contributed by atoms with Crippen LogP contribution in [-0.2, 0) is 5.41 Å². The largest absolute Gasteiger partial charge is 0.494 e. The van der Waals surface area contributed by atoms with E-state index in [9.17, 15) is 4.39 Å². The average Bonchev–Trinajstić information content (AvgIpc) is 2.60. The molecule has 0 N–H and O–H groups in total. The van der Waals surface area contributed by atoms with Gasteiger partial charge in [0.2, 0.25) is 0 Å². The molecule has 0 saturated heterocycles. The molecule has 0 amide bonds. The Bertz CT molecular complexity index is 394. The Balaban J connectivity index is 2.40. The van der Waals surface area contributed by atoms with Gasteiger partial charge in [-0.1, -0.05) is 19.1 Å². The van der Waals surface area contributed by atoms with Crippen LogP contribution in [0.15, 0.2) is 18.2 Å². The minimum atomic E-state index is -0.238. The predicted octanol–water partition coefficient (Wildman–Crippen LogP) is 3.88. The minimum Gasteiger partial charge on any atom is -0.494 e. The number of methoxy groups -OCH3 is 1. The molecule has 1 fully saturated rings. The van der Waals surface area contributed by atoms with Gasteiger partial charge in [0.05, 0.1) is 7.11 Å². The van der Waals surface area contributed by atoms with Crippen molar-refractivity contribution in [1.82, 2.24) is 0 Å². The normalized spacial score (nSPS) is 29.4. The zero-order chi connectivity index (χ0) is 11.8. The number of ether oxygens (including phenoxy) is 1. The molecule has 0 spiro atoms. The maximum Gasteiger partial charge on any atom is 0.168 e.